The Bertz CT molecular complexity index is 1030. The minimum absolute atomic E-state index is 0.134. The van der Waals surface area contributed by atoms with Crippen LogP contribution in [0.25, 0.3) is 11.3 Å². The second-order valence-electron chi connectivity index (χ2n) is 8.30. The van der Waals surface area contributed by atoms with Crippen LogP contribution in [0.5, 0.6) is 5.75 Å². The maximum absolute atomic E-state index is 6.39. The van der Waals surface area contributed by atoms with Crippen LogP contribution in [-0.4, -0.2) is 40.3 Å². The van der Waals surface area contributed by atoms with Crippen LogP contribution in [0.3, 0.4) is 0 Å². The van der Waals surface area contributed by atoms with Gasteiger partial charge in [0.05, 0.1) is 25.5 Å². The monoisotopic (exact) mass is 389 g/mol. The smallest absolute Gasteiger partial charge is 0.135 e. The van der Waals surface area contributed by atoms with Gasteiger partial charge in [-0.1, -0.05) is 42.0 Å². The normalized spacial score (nSPS) is 21.4. The molecule has 5 rings (SSSR count). The highest BCUT2D eigenvalue weighted by molar-refractivity contribution is 5.61. The molecule has 2 aromatic carbocycles. The highest BCUT2D eigenvalue weighted by atomic mass is 16.5. The molecule has 1 spiro atoms. The third-order valence-corrected chi connectivity index (χ3v) is 6.14. The number of methoxy groups -OCH3 is 1. The standard InChI is InChI=1S/C24H27N3O2/c1-18-5-3-6-19(11-18)14-26-10-9-24(16-26)17-27-22(13-25-23(27)15-29-24)20-7-4-8-21(12-20)28-2/h3-8,11-13H,9-10,14-17H2,1-2H3/t24-/m0/s1. The average Bonchev–Trinajstić information content (AvgIpc) is 3.32. The van der Waals surface area contributed by atoms with E-state index in [1.54, 1.807) is 7.11 Å². The van der Waals surface area contributed by atoms with E-state index in [9.17, 15) is 0 Å². The molecule has 29 heavy (non-hydrogen) atoms. The molecule has 150 valence electrons. The van der Waals surface area contributed by atoms with Gasteiger partial charge in [-0.2, -0.15) is 0 Å². The van der Waals surface area contributed by atoms with E-state index in [-0.39, 0.29) is 5.60 Å². The number of fused-ring (bicyclic) bond motifs is 1. The van der Waals surface area contributed by atoms with Crippen LogP contribution in [0.1, 0.15) is 23.4 Å². The Balaban J connectivity index is 1.36. The van der Waals surface area contributed by atoms with Gasteiger partial charge in [-0.15, -0.1) is 0 Å². The van der Waals surface area contributed by atoms with Gasteiger partial charge in [0.2, 0.25) is 0 Å². The quantitative estimate of drug-likeness (QED) is 0.675. The number of hydrogen-bond donors (Lipinski definition) is 0. The Morgan fingerprint density at radius 1 is 1.14 bits per heavy atom. The lowest BCUT2D eigenvalue weighted by Crippen LogP contribution is -2.44. The Kier molecular flexibility index (Phi) is 4.64. The van der Waals surface area contributed by atoms with Gasteiger partial charge < -0.3 is 14.0 Å². The molecule has 1 saturated heterocycles. The largest absolute Gasteiger partial charge is 0.497 e. The summed E-state index contributed by atoms with van der Waals surface area (Å²) in [5.74, 6) is 1.87. The third kappa shape index (κ3) is 3.56. The topological polar surface area (TPSA) is 39.5 Å². The zero-order chi connectivity index (χ0) is 19.8. The van der Waals surface area contributed by atoms with E-state index < -0.39 is 0 Å². The number of likely N-dealkylation sites (tertiary alicyclic amines) is 1. The molecule has 0 radical (unpaired) electrons. The van der Waals surface area contributed by atoms with E-state index >= 15 is 0 Å². The van der Waals surface area contributed by atoms with Gasteiger partial charge in [-0.3, -0.25) is 4.90 Å². The van der Waals surface area contributed by atoms with E-state index in [0.29, 0.717) is 6.61 Å². The first-order chi connectivity index (χ1) is 14.1. The van der Waals surface area contributed by atoms with E-state index in [4.69, 9.17) is 9.47 Å². The van der Waals surface area contributed by atoms with Crippen molar-refractivity contribution in [2.45, 2.75) is 38.6 Å². The predicted octanol–water partition coefficient (Wildman–Crippen LogP) is 4.04. The summed E-state index contributed by atoms with van der Waals surface area (Å²) in [6, 6.07) is 17.0. The molecule has 0 bridgehead atoms. The van der Waals surface area contributed by atoms with Crippen molar-refractivity contribution < 1.29 is 9.47 Å². The van der Waals surface area contributed by atoms with Crippen LogP contribution in [0.4, 0.5) is 0 Å². The number of benzene rings is 2. The number of hydrogen-bond acceptors (Lipinski definition) is 4. The fourth-order valence-electron chi connectivity index (χ4n) is 4.65. The molecule has 5 heteroatoms. The number of aromatic nitrogens is 2. The second kappa shape index (κ2) is 7.32. The Morgan fingerprint density at radius 3 is 2.90 bits per heavy atom. The van der Waals surface area contributed by atoms with Crippen molar-refractivity contribution in [3.05, 3.63) is 71.7 Å². The number of rotatable bonds is 4. The van der Waals surface area contributed by atoms with E-state index in [1.165, 1.54) is 11.1 Å². The van der Waals surface area contributed by atoms with Crippen molar-refractivity contribution in [3.8, 4) is 17.0 Å². The molecule has 0 saturated carbocycles. The first kappa shape index (κ1) is 18.4. The summed E-state index contributed by atoms with van der Waals surface area (Å²) >= 11 is 0. The van der Waals surface area contributed by atoms with Gasteiger partial charge in [0.15, 0.2) is 0 Å². The van der Waals surface area contributed by atoms with Gasteiger partial charge in [-0.25, -0.2) is 4.98 Å². The summed E-state index contributed by atoms with van der Waals surface area (Å²) in [6.45, 7) is 6.57. The molecule has 0 amide bonds. The van der Waals surface area contributed by atoms with Crippen LogP contribution in [-0.2, 0) is 24.4 Å². The molecule has 3 aromatic rings. The highest BCUT2D eigenvalue weighted by Gasteiger charge is 2.43. The first-order valence-electron chi connectivity index (χ1n) is 10.2. The van der Waals surface area contributed by atoms with Crippen LogP contribution in [0.2, 0.25) is 0 Å². The summed E-state index contributed by atoms with van der Waals surface area (Å²) in [4.78, 5) is 7.14. The van der Waals surface area contributed by atoms with Gasteiger partial charge in [0.1, 0.15) is 23.8 Å². The average molecular weight is 389 g/mol. The summed E-state index contributed by atoms with van der Waals surface area (Å²) < 4.78 is 14.1. The lowest BCUT2D eigenvalue weighted by Gasteiger charge is -2.35. The van der Waals surface area contributed by atoms with E-state index in [0.717, 1.165) is 55.4 Å². The molecular formula is C24H27N3O2. The maximum Gasteiger partial charge on any atom is 0.135 e. The zero-order valence-corrected chi connectivity index (χ0v) is 17.1. The fraction of sp³-hybridized carbons (Fsp3) is 0.375. The molecule has 3 heterocycles. The maximum atomic E-state index is 6.39. The lowest BCUT2D eigenvalue weighted by atomic mass is 10.0. The van der Waals surface area contributed by atoms with Crippen molar-refractivity contribution in [2.75, 3.05) is 20.2 Å². The minimum atomic E-state index is -0.134. The van der Waals surface area contributed by atoms with Gasteiger partial charge >= 0.3 is 0 Å². The minimum Gasteiger partial charge on any atom is -0.497 e. The number of nitrogens with zero attached hydrogens (tertiary/aromatic N) is 3. The summed E-state index contributed by atoms with van der Waals surface area (Å²) in [5, 5.41) is 0. The van der Waals surface area contributed by atoms with Crippen molar-refractivity contribution in [3.63, 3.8) is 0 Å². The van der Waals surface area contributed by atoms with E-state index in [2.05, 4.69) is 57.8 Å². The molecule has 1 aromatic heterocycles. The van der Waals surface area contributed by atoms with Gasteiger partial charge in [0, 0.05) is 25.2 Å². The number of aryl methyl sites for hydroxylation is 1. The van der Waals surface area contributed by atoms with Crippen molar-refractivity contribution in [1.29, 1.82) is 0 Å². The summed E-state index contributed by atoms with van der Waals surface area (Å²) in [6.07, 6.45) is 3.01. The second-order valence-corrected chi connectivity index (χ2v) is 8.30. The summed E-state index contributed by atoms with van der Waals surface area (Å²) in [5.41, 5.74) is 4.83. The molecular weight excluding hydrogens is 362 g/mol. The van der Waals surface area contributed by atoms with Crippen molar-refractivity contribution >= 4 is 0 Å². The van der Waals surface area contributed by atoms with Crippen molar-refractivity contribution in [1.82, 2.24) is 14.5 Å². The van der Waals surface area contributed by atoms with Crippen LogP contribution in [0, 0.1) is 6.92 Å². The number of imidazole rings is 1. The molecule has 0 aliphatic carbocycles. The van der Waals surface area contributed by atoms with Gasteiger partial charge in [-0.05, 0) is 31.0 Å². The Morgan fingerprint density at radius 2 is 2.03 bits per heavy atom. The third-order valence-electron chi connectivity index (χ3n) is 6.14. The first-order valence-corrected chi connectivity index (χ1v) is 10.2. The molecule has 0 N–H and O–H groups in total. The zero-order valence-electron chi connectivity index (χ0n) is 17.1. The van der Waals surface area contributed by atoms with Crippen molar-refractivity contribution in [2.24, 2.45) is 0 Å². The van der Waals surface area contributed by atoms with Gasteiger partial charge in [0.25, 0.3) is 0 Å². The molecule has 2 aliphatic heterocycles. The SMILES string of the molecule is COc1cccc(-c2cnc3n2C[C@@]2(CCN(Cc4cccc(C)c4)C2)OC3)c1. The molecule has 1 fully saturated rings. The van der Waals surface area contributed by atoms with Crippen LogP contribution in [0.15, 0.2) is 54.7 Å². The predicted molar refractivity (Wildman–Crippen MR) is 113 cm³/mol. The molecule has 1 atom stereocenters. The summed E-state index contributed by atoms with van der Waals surface area (Å²) in [7, 11) is 1.70. The Hall–Kier alpha value is -2.63. The fourth-order valence-corrected chi connectivity index (χ4v) is 4.65. The lowest BCUT2D eigenvalue weighted by molar-refractivity contribution is -0.0821. The Labute approximate surface area is 171 Å². The molecule has 5 nitrogen and oxygen atoms in total. The molecule has 2 aliphatic rings. The number of ether oxygens (including phenoxy) is 2. The molecule has 0 unspecified atom stereocenters. The highest BCUT2D eigenvalue weighted by Crippen LogP contribution is 2.36. The van der Waals surface area contributed by atoms with Crippen LogP contribution < -0.4 is 4.74 Å². The van der Waals surface area contributed by atoms with E-state index in [1.807, 2.05) is 18.3 Å². The van der Waals surface area contributed by atoms with Crippen LogP contribution >= 0.6 is 0 Å².